The summed E-state index contributed by atoms with van der Waals surface area (Å²) in [6.07, 6.45) is 0. The number of hydrogen-bond donors (Lipinski definition) is 1. The number of ether oxygens (including phenoxy) is 1. The Labute approximate surface area is 154 Å². The molecule has 5 nitrogen and oxygen atoms in total. The Morgan fingerprint density at radius 1 is 1.20 bits per heavy atom. The van der Waals surface area contributed by atoms with Gasteiger partial charge in [0.15, 0.2) is 10.7 Å². The quantitative estimate of drug-likeness (QED) is 0.518. The van der Waals surface area contributed by atoms with Gasteiger partial charge >= 0.3 is 0 Å². The summed E-state index contributed by atoms with van der Waals surface area (Å²) in [6, 6.07) is 16.7. The van der Waals surface area contributed by atoms with Crippen molar-refractivity contribution < 1.29 is 4.74 Å². The van der Waals surface area contributed by atoms with Crippen LogP contribution in [0.25, 0.3) is 11.3 Å². The summed E-state index contributed by atoms with van der Waals surface area (Å²) >= 11 is 7.21. The van der Waals surface area contributed by atoms with E-state index in [9.17, 15) is 5.26 Å². The van der Waals surface area contributed by atoms with E-state index in [1.165, 1.54) is 11.3 Å². The fourth-order valence-electron chi connectivity index (χ4n) is 2.04. The molecule has 0 spiro atoms. The first-order valence-electron chi connectivity index (χ1n) is 7.29. The molecule has 0 amide bonds. The van der Waals surface area contributed by atoms with Gasteiger partial charge in [0, 0.05) is 16.0 Å². The molecule has 0 radical (unpaired) electrons. The molecule has 1 N–H and O–H groups in total. The van der Waals surface area contributed by atoms with Crippen molar-refractivity contribution in [2.45, 2.75) is 0 Å². The van der Waals surface area contributed by atoms with Gasteiger partial charge in [-0.1, -0.05) is 11.6 Å². The summed E-state index contributed by atoms with van der Waals surface area (Å²) in [5.41, 5.74) is 5.54. The van der Waals surface area contributed by atoms with E-state index in [0.29, 0.717) is 10.0 Å². The second-order valence-corrected chi connectivity index (χ2v) is 6.25. The van der Waals surface area contributed by atoms with Gasteiger partial charge in [0.05, 0.1) is 18.5 Å². The van der Waals surface area contributed by atoms with E-state index in [1.807, 2.05) is 29.6 Å². The van der Waals surface area contributed by atoms with E-state index < -0.39 is 0 Å². The molecule has 0 atom stereocenters. The Balaban J connectivity index is 1.79. The number of anilines is 1. The molecule has 0 bridgehead atoms. The SMILES string of the molecule is COc1ccc(-c2csc(/C(C#N)=N/Nc3ccc(Cl)cc3)n2)cc1. The minimum Gasteiger partial charge on any atom is -0.497 e. The van der Waals surface area contributed by atoms with Crippen LogP contribution < -0.4 is 10.2 Å². The first-order chi connectivity index (χ1) is 12.2. The van der Waals surface area contributed by atoms with Crippen molar-refractivity contribution in [2.75, 3.05) is 12.5 Å². The summed E-state index contributed by atoms with van der Waals surface area (Å²) in [5, 5.41) is 16.6. The topological polar surface area (TPSA) is 70.3 Å². The number of methoxy groups -OCH3 is 1. The number of nitrogens with one attached hydrogen (secondary N) is 1. The number of nitriles is 1. The van der Waals surface area contributed by atoms with Gasteiger partial charge in [0.2, 0.25) is 0 Å². The van der Waals surface area contributed by atoms with E-state index >= 15 is 0 Å². The van der Waals surface area contributed by atoms with Gasteiger partial charge in [-0.15, -0.1) is 11.3 Å². The molecule has 0 saturated heterocycles. The van der Waals surface area contributed by atoms with Crippen LogP contribution in [0.4, 0.5) is 5.69 Å². The highest BCUT2D eigenvalue weighted by atomic mass is 35.5. The fourth-order valence-corrected chi connectivity index (χ4v) is 2.93. The van der Waals surface area contributed by atoms with E-state index in [2.05, 4.69) is 21.6 Å². The van der Waals surface area contributed by atoms with Crippen LogP contribution in [0.3, 0.4) is 0 Å². The second-order valence-electron chi connectivity index (χ2n) is 4.96. The van der Waals surface area contributed by atoms with Crippen LogP contribution in [-0.4, -0.2) is 17.8 Å². The van der Waals surface area contributed by atoms with Gasteiger partial charge in [0.25, 0.3) is 0 Å². The molecule has 0 aliphatic rings. The number of rotatable bonds is 5. The molecule has 0 aliphatic carbocycles. The molecule has 1 aromatic heterocycles. The third-order valence-corrected chi connectivity index (χ3v) is 4.44. The average molecular weight is 369 g/mol. The molecule has 1 heterocycles. The number of benzene rings is 2. The fraction of sp³-hybridized carbons (Fsp3) is 0.0556. The van der Waals surface area contributed by atoms with Crippen molar-refractivity contribution in [3.05, 3.63) is 63.9 Å². The van der Waals surface area contributed by atoms with Gasteiger partial charge in [-0.25, -0.2) is 4.98 Å². The maximum absolute atomic E-state index is 9.36. The summed E-state index contributed by atoms with van der Waals surface area (Å²) in [6.45, 7) is 0. The molecule has 25 heavy (non-hydrogen) atoms. The molecule has 3 aromatic rings. The number of halogens is 1. The van der Waals surface area contributed by atoms with E-state index in [0.717, 1.165) is 22.7 Å². The minimum absolute atomic E-state index is 0.222. The normalized spacial score (nSPS) is 11.0. The lowest BCUT2D eigenvalue weighted by Crippen LogP contribution is -2.01. The summed E-state index contributed by atoms with van der Waals surface area (Å²) in [7, 11) is 1.62. The Bertz CT molecular complexity index is 927. The van der Waals surface area contributed by atoms with Crippen molar-refractivity contribution >= 4 is 34.3 Å². The van der Waals surface area contributed by atoms with Crippen LogP contribution in [0.15, 0.2) is 59.0 Å². The predicted molar refractivity (Wildman–Crippen MR) is 101 cm³/mol. The van der Waals surface area contributed by atoms with Crippen molar-refractivity contribution in [3.63, 3.8) is 0 Å². The Kier molecular flexibility index (Phi) is 5.29. The maximum Gasteiger partial charge on any atom is 0.196 e. The lowest BCUT2D eigenvalue weighted by atomic mass is 10.2. The predicted octanol–water partition coefficient (Wildman–Crippen LogP) is 4.81. The number of aromatic nitrogens is 1. The molecular formula is C18H13ClN4OS. The Morgan fingerprint density at radius 2 is 1.92 bits per heavy atom. The molecule has 2 aromatic carbocycles. The minimum atomic E-state index is 0.222. The maximum atomic E-state index is 9.36. The van der Waals surface area contributed by atoms with Crippen LogP contribution in [0.5, 0.6) is 5.75 Å². The number of hydrazone groups is 1. The van der Waals surface area contributed by atoms with Crippen LogP contribution in [0, 0.1) is 11.3 Å². The zero-order chi connectivity index (χ0) is 17.6. The number of nitrogens with zero attached hydrogens (tertiary/aromatic N) is 3. The van der Waals surface area contributed by atoms with Crippen LogP contribution >= 0.6 is 22.9 Å². The molecule has 7 heteroatoms. The van der Waals surface area contributed by atoms with Crippen molar-refractivity contribution in [3.8, 4) is 23.1 Å². The van der Waals surface area contributed by atoms with E-state index in [4.69, 9.17) is 16.3 Å². The summed E-state index contributed by atoms with van der Waals surface area (Å²) < 4.78 is 5.15. The van der Waals surface area contributed by atoms with Gasteiger partial charge in [-0.05, 0) is 48.5 Å². The highest BCUT2D eigenvalue weighted by Crippen LogP contribution is 2.24. The highest BCUT2D eigenvalue weighted by molar-refractivity contribution is 7.12. The van der Waals surface area contributed by atoms with Gasteiger partial charge in [-0.3, -0.25) is 5.43 Å². The molecule has 0 unspecified atom stereocenters. The zero-order valence-electron chi connectivity index (χ0n) is 13.2. The molecule has 3 rings (SSSR count). The number of thiazole rings is 1. The Morgan fingerprint density at radius 3 is 2.56 bits per heavy atom. The monoisotopic (exact) mass is 368 g/mol. The largest absolute Gasteiger partial charge is 0.497 e. The second kappa shape index (κ2) is 7.79. The highest BCUT2D eigenvalue weighted by Gasteiger charge is 2.10. The number of hydrogen-bond acceptors (Lipinski definition) is 6. The first-order valence-corrected chi connectivity index (χ1v) is 8.55. The van der Waals surface area contributed by atoms with Gasteiger partial charge in [0.1, 0.15) is 11.8 Å². The summed E-state index contributed by atoms with van der Waals surface area (Å²) in [4.78, 5) is 4.50. The molecule has 124 valence electrons. The van der Waals surface area contributed by atoms with Crippen molar-refractivity contribution in [1.82, 2.24) is 4.98 Å². The average Bonchev–Trinajstić information content (AvgIpc) is 3.14. The lowest BCUT2D eigenvalue weighted by Gasteiger charge is -2.01. The third kappa shape index (κ3) is 4.15. The third-order valence-electron chi connectivity index (χ3n) is 3.34. The van der Waals surface area contributed by atoms with E-state index in [-0.39, 0.29) is 5.71 Å². The van der Waals surface area contributed by atoms with Gasteiger partial charge in [-0.2, -0.15) is 10.4 Å². The summed E-state index contributed by atoms with van der Waals surface area (Å²) in [5.74, 6) is 0.783. The van der Waals surface area contributed by atoms with E-state index in [1.54, 1.807) is 31.4 Å². The van der Waals surface area contributed by atoms with Gasteiger partial charge < -0.3 is 4.74 Å². The van der Waals surface area contributed by atoms with Crippen LogP contribution in [0.1, 0.15) is 5.01 Å². The molecule has 0 saturated carbocycles. The Hall–Kier alpha value is -2.88. The van der Waals surface area contributed by atoms with Crippen molar-refractivity contribution in [1.29, 1.82) is 5.26 Å². The molecular weight excluding hydrogens is 356 g/mol. The molecule has 0 aliphatic heterocycles. The van der Waals surface area contributed by atoms with Crippen LogP contribution in [0.2, 0.25) is 5.02 Å². The zero-order valence-corrected chi connectivity index (χ0v) is 14.8. The van der Waals surface area contributed by atoms with Crippen LogP contribution in [-0.2, 0) is 0 Å². The lowest BCUT2D eigenvalue weighted by molar-refractivity contribution is 0.415. The van der Waals surface area contributed by atoms with Crippen molar-refractivity contribution in [2.24, 2.45) is 5.10 Å². The first kappa shape index (κ1) is 17.0. The smallest absolute Gasteiger partial charge is 0.196 e. The molecule has 0 fully saturated rings. The standard InChI is InChI=1S/C18H13ClN4OS/c1-24-15-8-2-12(3-9-15)17-11-25-18(21-17)16(10-20)23-22-14-6-4-13(19)5-7-14/h2-9,11,22H,1H3/b23-16+.